The zero-order valence-electron chi connectivity index (χ0n) is 14.9. The van der Waals surface area contributed by atoms with Gasteiger partial charge in [-0.15, -0.1) is 11.3 Å². The van der Waals surface area contributed by atoms with E-state index in [1.807, 2.05) is 29.6 Å². The second-order valence-corrected chi connectivity index (χ2v) is 8.06. The van der Waals surface area contributed by atoms with Gasteiger partial charge in [0.05, 0.1) is 16.9 Å². The first-order chi connectivity index (χ1) is 13.3. The average molecular weight is 460 g/mol. The molecule has 142 valence electrons. The fourth-order valence-corrected chi connectivity index (χ4v) is 4.39. The van der Waals surface area contributed by atoms with Gasteiger partial charge in [-0.05, 0) is 31.5 Å². The molecule has 1 N–H and O–H groups in total. The molecule has 0 fully saturated rings. The third-order valence-corrected chi connectivity index (χ3v) is 5.87. The van der Waals surface area contributed by atoms with Crippen LogP contribution in [0.4, 0.5) is 5.69 Å². The summed E-state index contributed by atoms with van der Waals surface area (Å²) in [7, 11) is 0. The van der Waals surface area contributed by atoms with Gasteiger partial charge in [-0.1, -0.05) is 28.1 Å². The highest BCUT2D eigenvalue weighted by Gasteiger charge is 2.22. The van der Waals surface area contributed by atoms with Gasteiger partial charge in [0.25, 0.3) is 5.56 Å². The molecule has 0 saturated carbocycles. The van der Waals surface area contributed by atoms with E-state index < -0.39 is 4.92 Å². The largest absolute Gasteiger partial charge is 0.312 e. The van der Waals surface area contributed by atoms with Crippen molar-refractivity contribution < 1.29 is 4.92 Å². The Balaban J connectivity index is 1.75. The van der Waals surface area contributed by atoms with Crippen LogP contribution in [0.2, 0.25) is 0 Å². The number of benzene rings is 1. The van der Waals surface area contributed by atoms with E-state index in [4.69, 9.17) is 0 Å². The van der Waals surface area contributed by atoms with E-state index in [1.54, 1.807) is 13.8 Å². The lowest BCUT2D eigenvalue weighted by Crippen LogP contribution is -2.15. The Kier molecular flexibility index (Phi) is 4.60. The first-order valence-electron chi connectivity index (χ1n) is 8.30. The third kappa shape index (κ3) is 3.14. The van der Waals surface area contributed by atoms with Gasteiger partial charge >= 0.3 is 5.69 Å². The predicted octanol–water partition coefficient (Wildman–Crippen LogP) is 4.18. The lowest BCUT2D eigenvalue weighted by atomic mass is 10.1. The number of halogens is 1. The van der Waals surface area contributed by atoms with Crippen LogP contribution in [0.5, 0.6) is 0 Å². The zero-order valence-corrected chi connectivity index (χ0v) is 17.3. The number of nitro groups is 1. The van der Waals surface area contributed by atoms with Crippen LogP contribution in [-0.4, -0.2) is 24.7 Å². The van der Waals surface area contributed by atoms with E-state index >= 15 is 0 Å². The van der Waals surface area contributed by atoms with Crippen molar-refractivity contribution in [1.82, 2.24) is 19.7 Å². The smallest absolute Gasteiger partial charge is 0.308 e. The number of aromatic nitrogens is 4. The van der Waals surface area contributed by atoms with E-state index in [1.165, 1.54) is 16.0 Å². The van der Waals surface area contributed by atoms with Crippen LogP contribution < -0.4 is 5.56 Å². The maximum atomic E-state index is 12.7. The summed E-state index contributed by atoms with van der Waals surface area (Å²) in [5, 5.41) is 17.8. The second-order valence-electron chi connectivity index (χ2n) is 6.28. The highest BCUT2D eigenvalue weighted by Crippen LogP contribution is 2.31. The lowest BCUT2D eigenvalue weighted by Gasteiger charge is -2.04. The summed E-state index contributed by atoms with van der Waals surface area (Å²) in [5.41, 5.74) is 2.26. The number of hydrogen-bond acceptors (Lipinski definition) is 6. The Labute approximate surface area is 171 Å². The highest BCUT2D eigenvalue weighted by atomic mass is 79.9. The molecular weight excluding hydrogens is 446 g/mol. The van der Waals surface area contributed by atoms with Crippen molar-refractivity contribution in [1.29, 1.82) is 0 Å². The maximum Gasteiger partial charge on any atom is 0.312 e. The van der Waals surface area contributed by atoms with E-state index in [0.717, 1.165) is 15.6 Å². The normalized spacial score (nSPS) is 11.2. The number of fused-ring (bicyclic) bond motifs is 1. The van der Waals surface area contributed by atoms with Gasteiger partial charge < -0.3 is 4.98 Å². The van der Waals surface area contributed by atoms with Gasteiger partial charge in [0.2, 0.25) is 0 Å². The number of aromatic amines is 1. The molecule has 0 saturated heterocycles. The molecule has 0 radical (unpaired) electrons. The number of aryl methyl sites for hydroxylation is 1. The average Bonchev–Trinajstić information content (AvgIpc) is 3.17. The first-order valence-corrected chi connectivity index (χ1v) is 9.97. The highest BCUT2D eigenvalue weighted by molar-refractivity contribution is 9.10. The molecule has 10 heteroatoms. The molecule has 0 aliphatic heterocycles. The molecule has 28 heavy (non-hydrogen) atoms. The number of H-pyrrole nitrogens is 1. The monoisotopic (exact) mass is 459 g/mol. The number of nitrogens with zero attached hydrogens (tertiary/aromatic N) is 4. The Morgan fingerprint density at radius 1 is 1.29 bits per heavy atom. The predicted molar refractivity (Wildman–Crippen MR) is 111 cm³/mol. The van der Waals surface area contributed by atoms with Crippen LogP contribution in [0.15, 0.2) is 38.9 Å². The molecule has 8 nitrogen and oxygen atoms in total. The molecule has 4 rings (SSSR count). The fraction of sp³-hybridized carbons (Fsp3) is 0.167. The van der Waals surface area contributed by atoms with Gasteiger partial charge in [0.15, 0.2) is 0 Å². The molecule has 4 aromatic rings. The van der Waals surface area contributed by atoms with E-state index in [0.29, 0.717) is 27.4 Å². The quantitative estimate of drug-likeness (QED) is 0.363. The van der Waals surface area contributed by atoms with E-state index in [-0.39, 0.29) is 17.8 Å². The van der Waals surface area contributed by atoms with Gasteiger partial charge in [-0.25, -0.2) is 4.98 Å². The van der Waals surface area contributed by atoms with Crippen molar-refractivity contribution in [2.75, 3.05) is 0 Å². The third-order valence-electron chi connectivity index (χ3n) is 4.47. The molecule has 0 spiro atoms. The number of rotatable bonds is 4. The van der Waals surface area contributed by atoms with Crippen LogP contribution >= 0.6 is 27.3 Å². The molecule has 0 aliphatic carbocycles. The van der Waals surface area contributed by atoms with Crippen LogP contribution in [0.25, 0.3) is 21.3 Å². The van der Waals surface area contributed by atoms with Crippen molar-refractivity contribution in [3.63, 3.8) is 0 Å². The summed E-state index contributed by atoms with van der Waals surface area (Å²) < 4.78 is 2.45. The number of nitrogens with one attached hydrogen (secondary N) is 1. The molecule has 0 amide bonds. The molecule has 0 aliphatic rings. The van der Waals surface area contributed by atoms with Gasteiger partial charge in [-0.3, -0.25) is 19.6 Å². The molecule has 0 atom stereocenters. The minimum atomic E-state index is -0.447. The summed E-state index contributed by atoms with van der Waals surface area (Å²) in [6, 6.07) is 7.72. The van der Waals surface area contributed by atoms with Gasteiger partial charge in [0, 0.05) is 15.4 Å². The molecular formula is C18H14BrN5O3S. The Morgan fingerprint density at radius 3 is 2.64 bits per heavy atom. The summed E-state index contributed by atoms with van der Waals surface area (Å²) in [4.78, 5) is 31.4. The van der Waals surface area contributed by atoms with Gasteiger partial charge in [-0.2, -0.15) is 5.10 Å². The van der Waals surface area contributed by atoms with Crippen LogP contribution in [0, 0.1) is 24.0 Å². The number of hydrogen-bond donors (Lipinski definition) is 1. The Morgan fingerprint density at radius 2 is 2.00 bits per heavy atom. The van der Waals surface area contributed by atoms with Crippen molar-refractivity contribution in [2.45, 2.75) is 20.4 Å². The fourth-order valence-electron chi connectivity index (χ4n) is 3.16. The van der Waals surface area contributed by atoms with E-state index in [2.05, 4.69) is 31.0 Å². The first kappa shape index (κ1) is 18.5. The molecule has 3 aromatic heterocycles. The number of thiophene rings is 1. The summed E-state index contributed by atoms with van der Waals surface area (Å²) >= 11 is 4.80. The van der Waals surface area contributed by atoms with Crippen molar-refractivity contribution >= 4 is 43.2 Å². The molecule has 3 heterocycles. The molecule has 1 aromatic carbocycles. The topological polar surface area (TPSA) is 107 Å². The molecule has 0 bridgehead atoms. The summed E-state index contributed by atoms with van der Waals surface area (Å²) in [6.45, 7) is 3.37. The Bertz CT molecular complexity index is 1270. The van der Waals surface area contributed by atoms with Crippen molar-refractivity contribution in [3.05, 3.63) is 71.8 Å². The summed E-state index contributed by atoms with van der Waals surface area (Å²) in [6.07, 6.45) is 0. The maximum absolute atomic E-state index is 12.7. The minimum absolute atomic E-state index is 0.0166. The lowest BCUT2D eigenvalue weighted by molar-refractivity contribution is -0.386. The van der Waals surface area contributed by atoms with Crippen LogP contribution in [0.3, 0.4) is 0 Å². The van der Waals surface area contributed by atoms with E-state index in [9.17, 15) is 14.9 Å². The SMILES string of the molecule is Cc1nn(Cc2nc3scc(-c4ccc(Br)cc4)c3c(=O)[nH]2)c(C)c1[N+](=O)[O-]. The summed E-state index contributed by atoms with van der Waals surface area (Å²) in [5.74, 6) is 0.405. The standard InChI is InChI=1S/C18H14BrN5O3S/c1-9-16(24(26)27)10(2)23(22-9)7-14-20-17(25)15-13(8-28-18(15)21-14)11-3-5-12(19)6-4-11/h3-6,8H,7H2,1-2H3,(H,20,21,25). The van der Waals surface area contributed by atoms with Crippen LogP contribution in [-0.2, 0) is 6.54 Å². The zero-order chi connectivity index (χ0) is 20.0. The second kappa shape index (κ2) is 6.95. The minimum Gasteiger partial charge on any atom is -0.308 e. The van der Waals surface area contributed by atoms with Crippen molar-refractivity contribution in [2.24, 2.45) is 0 Å². The van der Waals surface area contributed by atoms with Gasteiger partial charge in [0.1, 0.15) is 22.0 Å². The van der Waals surface area contributed by atoms with Crippen LogP contribution in [0.1, 0.15) is 17.2 Å². The Hall–Kier alpha value is -2.85. The molecule has 0 unspecified atom stereocenters. The van der Waals surface area contributed by atoms with Crippen molar-refractivity contribution in [3.8, 4) is 11.1 Å².